The molecule has 18 heavy (non-hydrogen) atoms. The van der Waals surface area contributed by atoms with Crippen molar-refractivity contribution in [1.29, 1.82) is 0 Å². The Balaban J connectivity index is 0.00000162. The van der Waals surface area contributed by atoms with Gasteiger partial charge in [0.05, 0.1) is 5.41 Å². The van der Waals surface area contributed by atoms with Crippen molar-refractivity contribution in [2.45, 2.75) is 52.4 Å². The van der Waals surface area contributed by atoms with Crippen molar-refractivity contribution in [2.75, 3.05) is 19.6 Å². The van der Waals surface area contributed by atoms with E-state index in [1.807, 2.05) is 0 Å². The van der Waals surface area contributed by atoms with E-state index in [2.05, 4.69) is 18.7 Å². The number of nitrogens with two attached hydrogens (primary N) is 1. The molecule has 0 radical (unpaired) electrons. The lowest BCUT2D eigenvalue weighted by molar-refractivity contribution is -0.144. The van der Waals surface area contributed by atoms with Crippen LogP contribution in [0.5, 0.6) is 0 Å². The lowest BCUT2D eigenvalue weighted by Crippen LogP contribution is -2.51. The molecule has 3 nitrogen and oxygen atoms in total. The van der Waals surface area contributed by atoms with Crippen LogP contribution in [0.25, 0.3) is 0 Å². The van der Waals surface area contributed by atoms with Crippen molar-refractivity contribution in [2.24, 2.45) is 16.6 Å². The fraction of sp³-hybridized carbons (Fsp3) is 0.929. The number of carbonyl (C=O) groups is 1. The van der Waals surface area contributed by atoms with Gasteiger partial charge in [0, 0.05) is 19.6 Å². The van der Waals surface area contributed by atoms with Crippen LogP contribution in [0.15, 0.2) is 0 Å². The summed E-state index contributed by atoms with van der Waals surface area (Å²) in [5, 5.41) is 0. The SMILES string of the molecule is CC1(C)CCCN(C(=O)C2(CN)CCCC2)C1.Cl. The van der Waals surface area contributed by atoms with Crippen molar-refractivity contribution in [3.05, 3.63) is 0 Å². The first-order valence-electron chi connectivity index (χ1n) is 6.99. The van der Waals surface area contributed by atoms with Crippen LogP contribution in [0.3, 0.4) is 0 Å². The Bertz CT molecular complexity index is 298. The summed E-state index contributed by atoms with van der Waals surface area (Å²) in [5.41, 5.74) is 5.96. The van der Waals surface area contributed by atoms with Crippen molar-refractivity contribution >= 4 is 18.3 Å². The predicted molar refractivity (Wildman–Crippen MR) is 76.8 cm³/mol. The maximum Gasteiger partial charge on any atom is 0.230 e. The molecule has 0 bridgehead atoms. The van der Waals surface area contributed by atoms with Crippen LogP contribution in [-0.2, 0) is 4.79 Å². The van der Waals surface area contributed by atoms with E-state index in [0.29, 0.717) is 12.5 Å². The zero-order chi connectivity index (χ0) is 12.5. The van der Waals surface area contributed by atoms with Crippen LogP contribution in [-0.4, -0.2) is 30.4 Å². The summed E-state index contributed by atoms with van der Waals surface area (Å²) in [5.74, 6) is 0.338. The average molecular weight is 275 g/mol. The van der Waals surface area contributed by atoms with Gasteiger partial charge in [0.2, 0.25) is 5.91 Å². The van der Waals surface area contributed by atoms with Crippen LogP contribution >= 0.6 is 12.4 Å². The molecule has 1 saturated heterocycles. The highest BCUT2D eigenvalue weighted by Crippen LogP contribution is 2.40. The van der Waals surface area contributed by atoms with Gasteiger partial charge >= 0.3 is 0 Å². The van der Waals surface area contributed by atoms with Crippen LogP contribution in [0.1, 0.15) is 52.4 Å². The first-order chi connectivity index (χ1) is 7.99. The number of hydrogen-bond donors (Lipinski definition) is 1. The number of nitrogens with zero attached hydrogens (tertiary/aromatic N) is 1. The highest BCUT2D eigenvalue weighted by Gasteiger charge is 2.43. The Morgan fingerprint density at radius 2 is 1.78 bits per heavy atom. The quantitative estimate of drug-likeness (QED) is 0.841. The number of hydrogen-bond acceptors (Lipinski definition) is 2. The predicted octanol–water partition coefficient (Wildman–Crippen LogP) is 2.58. The van der Waals surface area contributed by atoms with Gasteiger partial charge in [0.15, 0.2) is 0 Å². The van der Waals surface area contributed by atoms with Crippen LogP contribution in [0.2, 0.25) is 0 Å². The molecule has 1 heterocycles. The summed E-state index contributed by atoms with van der Waals surface area (Å²) in [7, 11) is 0. The molecule has 1 amide bonds. The molecule has 0 unspecified atom stereocenters. The summed E-state index contributed by atoms with van der Waals surface area (Å²) in [6.07, 6.45) is 6.70. The molecular formula is C14H27ClN2O. The topological polar surface area (TPSA) is 46.3 Å². The van der Waals surface area contributed by atoms with E-state index < -0.39 is 0 Å². The van der Waals surface area contributed by atoms with Crippen molar-refractivity contribution in [3.63, 3.8) is 0 Å². The summed E-state index contributed by atoms with van der Waals surface area (Å²) in [6.45, 7) is 6.90. The van der Waals surface area contributed by atoms with E-state index in [1.54, 1.807) is 0 Å². The normalized spacial score (nSPS) is 25.6. The molecule has 2 fully saturated rings. The number of carbonyl (C=O) groups excluding carboxylic acids is 1. The van der Waals surface area contributed by atoms with E-state index in [1.165, 1.54) is 19.3 Å². The molecule has 2 aliphatic rings. The Morgan fingerprint density at radius 1 is 1.17 bits per heavy atom. The van der Waals surface area contributed by atoms with Crippen LogP contribution < -0.4 is 5.73 Å². The average Bonchev–Trinajstić information content (AvgIpc) is 2.76. The fourth-order valence-electron chi connectivity index (χ4n) is 3.49. The third-order valence-corrected chi connectivity index (χ3v) is 4.59. The second kappa shape index (κ2) is 5.79. The molecule has 0 spiro atoms. The first-order valence-corrected chi connectivity index (χ1v) is 6.99. The van der Waals surface area contributed by atoms with Gasteiger partial charge in [-0.2, -0.15) is 0 Å². The molecule has 0 aromatic carbocycles. The second-order valence-corrected chi connectivity index (χ2v) is 6.69. The van der Waals surface area contributed by atoms with Gasteiger partial charge in [-0.05, 0) is 31.1 Å². The maximum atomic E-state index is 12.7. The van der Waals surface area contributed by atoms with Crippen molar-refractivity contribution in [1.82, 2.24) is 4.90 Å². The van der Waals surface area contributed by atoms with Gasteiger partial charge in [0.1, 0.15) is 0 Å². The molecule has 2 rings (SSSR count). The highest BCUT2D eigenvalue weighted by molar-refractivity contribution is 5.85. The highest BCUT2D eigenvalue weighted by atomic mass is 35.5. The number of likely N-dealkylation sites (tertiary alicyclic amines) is 1. The summed E-state index contributed by atoms with van der Waals surface area (Å²) < 4.78 is 0. The van der Waals surface area contributed by atoms with Gasteiger partial charge in [-0.1, -0.05) is 26.7 Å². The van der Waals surface area contributed by atoms with E-state index in [-0.39, 0.29) is 23.2 Å². The molecule has 2 N–H and O–H groups in total. The largest absolute Gasteiger partial charge is 0.342 e. The molecule has 106 valence electrons. The third-order valence-electron chi connectivity index (χ3n) is 4.59. The molecule has 4 heteroatoms. The maximum absolute atomic E-state index is 12.7. The molecule has 1 aliphatic carbocycles. The first kappa shape index (κ1) is 15.8. The third kappa shape index (κ3) is 3.00. The zero-order valence-electron chi connectivity index (χ0n) is 11.7. The number of piperidine rings is 1. The van der Waals surface area contributed by atoms with Crippen LogP contribution in [0, 0.1) is 10.8 Å². The van der Waals surface area contributed by atoms with Crippen molar-refractivity contribution in [3.8, 4) is 0 Å². The Hall–Kier alpha value is -0.280. The van der Waals surface area contributed by atoms with Gasteiger partial charge < -0.3 is 10.6 Å². The number of rotatable bonds is 2. The second-order valence-electron chi connectivity index (χ2n) is 6.69. The molecular weight excluding hydrogens is 248 g/mol. The Kier molecular flexibility index (Phi) is 5.07. The van der Waals surface area contributed by atoms with E-state index >= 15 is 0 Å². The standard InChI is InChI=1S/C14H26N2O.ClH/c1-13(2)6-5-9-16(11-13)12(17)14(10-15)7-3-4-8-14;/h3-11,15H2,1-2H3;1H. The Labute approximate surface area is 117 Å². The van der Waals surface area contributed by atoms with Crippen LogP contribution in [0.4, 0.5) is 0 Å². The lowest BCUT2D eigenvalue weighted by Gasteiger charge is -2.42. The minimum absolute atomic E-state index is 0. The molecule has 1 aliphatic heterocycles. The molecule has 0 aromatic rings. The van der Waals surface area contributed by atoms with Gasteiger partial charge in [0.25, 0.3) is 0 Å². The van der Waals surface area contributed by atoms with Gasteiger partial charge in [-0.3, -0.25) is 4.79 Å². The zero-order valence-corrected chi connectivity index (χ0v) is 12.5. The number of halogens is 1. The summed E-state index contributed by atoms with van der Waals surface area (Å²) in [4.78, 5) is 14.8. The number of amides is 1. The van der Waals surface area contributed by atoms with Gasteiger partial charge in [-0.25, -0.2) is 0 Å². The smallest absolute Gasteiger partial charge is 0.230 e. The fourth-order valence-corrected chi connectivity index (χ4v) is 3.49. The Morgan fingerprint density at radius 3 is 2.28 bits per heavy atom. The van der Waals surface area contributed by atoms with E-state index in [9.17, 15) is 4.79 Å². The monoisotopic (exact) mass is 274 g/mol. The minimum atomic E-state index is -0.215. The van der Waals surface area contributed by atoms with E-state index in [0.717, 1.165) is 32.4 Å². The molecule has 1 saturated carbocycles. The minimum Gasteiger partial charge on any atom is -0.342 e. The lowest BCUT2D eigenvalue weighted by atomic mass is 9.80. The molecule has 0 atom stereocenters. The van der Waals surface area contributed by atoms with Crippen molar-refractivity contribution < 1.29 is 4.79 Å². The van der Waals surface area contributed by atoms with E-state index in [4.69, 9.17) is 5.73 Å². The summed E-state index contributed by atoms with van der Waals surface area (Å²) >= 11 is 0. The van der Waals surface area contributed by atoms with Gasteiger partial charge in [-0.15, -0.1) is 12.4 Å². The summed E-state index contributed by atoms with van der Waals surface area (Å²) in [6, 6.07) is 0. The molecule has 0 aromatic heterocycles.